The largest absolute Gasteiger partial charge is 0.326 e. The number of hydrogen-bond acceptors (Lipinski definition) is 6. The summed E-state index contributed by atoms with van der Waals surface area (Å²) in [7, 11) is -7.34. The average Bonchev–Trinajstić information content (AvgIpc) is 3.29. The van der Waals surface area contributed by atoms with Gasteiger partial charge in [-0.05, 0) is 61.4 Å². The molecule has 0 aliphatic carbocycles. The van der Waals surface area contributed by atoms with E-state index in [1.54, 1.807) is 43.5 Å². The lowest BCUT2D eigenvalue weighted by Gasteiger charge is -2.34. The van der Waals surface area contributed by atoms with Crippen LogP contribution >= 0.6 is 11.3 Å². The average molecular weight is 500 g/mol. The maximum absolute atomic E-state index is 13.0. The van der Waals surface area contributed by atoms with Gasteiger partial charge in [0, 0.05) is 31.2 Å². The molecule has 1 aromatic heterocycles. The third-order valence-electron chi connectivity index (χ3n) is 5.47. The molecule has 0 spiro atoms. The Morgan fingerprint density at radius 3 is 2.62 bits per heavy atom. The predicted molar refractivity (Wildman–Crippen MR) is 126 cm³/mol. The van der Waals surface area contributed by atoms with Gasteiger partial charge in [0.25, 0.3) is 10.0 Å². The Bertz CT molecular complexity index is 1150. The Kier molecular flexibility index (Phi) is 8.10. The monoisotopic (exact) mass is 499 g/mol. The third kappa shape index (κ3) is 5.76. The van der Waals surface area contributed by atoms with Crippen LogP contribution in [-0.2, 0) is 24.8 Å². The summed E-state index contributed by atoms with van der Waals surface area (Å²) in [6.07, 6.45) is 3.15. The number of amides is 1. The summed E-state index contributed by atoms with van der Waals surface area (Å²) in [6, 6.07) is 7.73. The number of piperidine rings is 1. The van der Waals surface area contributed by atoms with E-state index in [1.165, 1.54) is 21.7 Å². The van der Waals surface area contributed by atoms with Crippen LogP contribution in [0.2, 0.25) is 0 Å². The van der Waals surface area contributed by atoms with Crippen LogP contribution < -0.4 is 10.0 Å². The fourth-order valence-corrected chi connectivity index (χ4v) is 7.94. The molecule has 1 aromatic carbocycles. The van der Waals surface area contributed by atoms with Crippen LogP contribution in [0.5, 0.6) is 0 Å². The molecule has 11 heteroatoms. The lowest BCUT2D eigenvalue weighted by atomic mass is 10.0. The minimum absolute atomic E-state index is 0.136. The van der Waals surface area contributed by atoms with Crippen molar-refractivity contribution in [3.8, 4) is 0 Å². The number of anilines is 1. The Balaban J connectivity index is 1.66. The summed E-state index contributed by atoms with van der Waals surface area (Å²) in [5, 5.41) is 4.45. The van der Waals surface area contributed by atoms with Crippen molar-refractivity contribution < 1.29 is 21.6 Å². The van der Waals surface area contributed by atoms with E-state index in [4.69, 9.17) is 0 Å². The van der Waals surface area contributed by atoms with Gasteiger partial charge in [-0.15, -0.1) is 11.3 Å². The second-order valence-electron chi connectivity index (χ2n) is 7.77. The number of thiophene rings is 1. The molecule has 3 rings (SSSR count). The van der Waals surface area contributed by atoms with Crippen molar-refractivity contribution in [3.05, 3.63) is 41.3 Å². The van der Waals surface area contributed by atoms with Gasteiger partial charge >= 0.3 is 0 Å². The van der Waals surface area contributed by atoms with E-state index in [-0.39, 0.29) is 23.4 Å². The number of hydrogen-bond donors (Lipinski definition) is 2. The van der Waals surface area contributed by atoms with E-state index < -0.39 is 20.0 Å². The molecule has 8 nitrogen and oxygen atoms in total. The first-order chi connectivity index (χ1) is 15.1. The van der Waals surface area contributed by atoms with Gasteiger partial charge in [0.15, 0.2) is 0 Å². The van der Waals surface area contributed by atoms with E-state index in [0.717, 1.165) is 12.8 Å². The summed E-state index contributed by atoms with van der Waals surface area (Å²) in [6.45, 7) is 4.00. The first kappa shape index (κ1) is 24.8. The van der Waals surface area contributed by atoms with Gasteiger partial charge < -0.3 is 5.32 Å². The molecule has 1 saturated heterocycles. The molecule has 0 bridgehead atoms. The third-order valence-corrected chi connectivity index (χ3v) is 10.4. The highest BCUT2D eigenvalue weighted by Crippen LogP contribution is 2.29. The van der Waals surface area contributed by atoms with Crippen molar-refractivity contribution in [1.82, 2.24) is 9.03 Å². The number of nitrogens with zero attached hydrogens (tertiary/aromatic N) is 1. The highest BCUT2D eigenvalue weighted by molar-refractivity contribution is 7.91. The lowest BCUT2D eigenvalue weighted by Crippen LogP contribution is -2.44. The Labute approximate surface area is 194 Å². The molecule has 1 aliphatic rings. The van der Waals surface area contributed by atoms with Crippen LogP contribution in [0.25, 0.3) is 0 Å². The quantitative estimate of drug-likeness (QED) is 0.550. The van der Waals surface area contributed by atoms with Crippen molar-refractivity contribution in [2.24, 2.45) is 0 Å². The molecule has 32 heavy (non-hydrogen) atoms. The normalized spacial score (nSPS) is 17.9. The molecular weight excluding hydrogens is 470 g/mol. The van der Waals surface area contributed by atoms with Crippen molar-refractivity contribution in [2.75, 3.05) is 18.4 Å². The minimum atomic E-state index is -3.77. The summed E-state index contributed by atoms with van der Waals surface area (Å²) >= 11 is 1.19. The zero-order chi connectivity index (χ0) is 23.4. The van der Waals surface area contributed by atoms with E-state index in [1.807, 2.05) is 0 Å². The molecule has 0 saturated carbocycles. The van der Waals surface area contributed by atoms with E-state index in [0.29, 0.717) is 41.3 Å². The SMILES string of the molecule is CCC(=O)Nc1ccc(S(=O)(=O)NCCC2CCCCN2S(=O)(=O)c2cccs2)c(C)c1. The van der Waals surface area contributed by atoms with Crippen LogP contribution in [0.3, 0.4) is 0 Å². The van der Waals surface area contributed by atoms with Crippen molar-refractivity contribution >= 4 is 43.0 Å². The molecule has 2 heterocycles. The summed E-state index contributed by atoms with van der Waals surface area (Å²) in [4.78, 5) is 11.7. The maximum atomic E-state index is 13.0. The summed E-state index contributed by atoms with van der Waals surface area (Å²) in [5.74, 6) is -0.146. The predicted octanol–water partition coefficient (Wildman–Crippen LogP) is 3.32. The van der Waals surface area contributed by atoms with Crippen molar-refractivity contribution in [1.29, 1.82) is 0 Å². The Morgan fingerprint density at radius 2 is 1.97 bits per heavy atom. The van der Waals surface area contributed by atoms with Crippen molar-refractivity contribution in [2.45, 2.75) is 61.1 Å². The first-order valence-corrected chi connectivity index (χ1v) is 14.4. The molecule has 2 N–H and O–H groups in total. The van der Waals surface area contributed by atoms with Gasteiger partial charge in [0.05, 0.1) is 4.90 Å². The zero-order valence-electron chi connectivity index (χ0n) is 18.2. The lowest BCUT2D eigenvalue weighted by molar-refractivity contribution is -0.115. The topological polar surface area (TPSA) is 113 Å². The number of sulfonamides is 2. The molecule has 176 valence electrons. The smallest absolute Gasteiger partial charge is 0.252 e. The van der Waals surface area contributed by atoms with E-state index in [9.17, 15) is 21.6 Å². The number of rotatable bonds is 9. The molecule has 1 aliphatic heterocycles. The van der Waals surface area contributed by atoms with E-state index >= 15 is 0 Å². The van der Waals surface area contributed by atoms with E-state index in [2.05, 4.69) is 10.0 Å². The van der Waals surface area contributed by atoms with Crippen LogP contribution in [0.1, 0.15) is 44.6 Å². The zero-order valence-corrected chi connectivity index (χ0v) is 20.7. The van der Waals surface area contributed by atoms with Gasteiger partial charge in [-0.1, -0.05) is 19.4 Å². The highest BCUT2D eigenvalue weighted by Gasteiger charge is 2.34. The number of carbonyl (C=O) groups is 1. The van der Waals surface area contributed by atoms with Crippen LogP contribution in [0, 0.1) is 6.92 Å². The maximum Gasteiger partial charge on any atom is 0.252 e. The van der Waals surface area contributed by atoms with Gasteiger partial charge in [-0.3, -0.25) is 4.79 Å². The number of aryl methyl sites for hydroxylation is 1. The minimum Gasteiger partial charge on any atom is -0.326 e. The molecule has 1 atom stereocenters. The summed E-state index contributed by atoms with van der Waals surface area (Å²) < 4.78 is 56.1. The second kappa shape index (κ2) is 10.4. The molecule has 0 radical (unpaired) electrons. The van der Waals surface area contributed by atoms with Crippen LogP contribution in [0.4, 0.5) is 5.69 Å². The highest BCUT2D eigenvalue weighted by atomic mass is 32.2. The Hall–Kier alpha value is -1.79. The standard InChI is InChI=1S/C21H29N3O5S3/c1-3-20(25)23-17-9-10-19(16(2)15-17)31(26,27)22-12-11-18-7-4-5-13-24(18)32(28,29)21-8-6-14-30-21/h6,8-10,14-15,18,22H,3-5,7,11-13H2,1-2H3,(H,23,25). The van der Waals surface area contributed by atoms with Gasteiger partial charge in [-0.2, -0.15) is 4.31 Å². The van der Waals surface area contributed by atoms with Crippen LogP contribution in [-0.4, -0.2) is 46.2 Å². The fraction of sp³-hybridized carbons (Fsp3) is 0.476. The number of carbonyl (C=O) groups excluding carboxylic acids is 1. The number of benzene rings is 1. The van der Waals surface area contributed by atoms with Gasteiger partial charge in [0.1, 0.15) is 4.21 Å². The molecule has 1 unspecified atom stereocenters. The van der Waals surface area contributed by atoms with Gasteiger partial charge in [-0.25, -0.2) is 21.6 Å². The van der Waals surface area contributed by atoms with Crippen molar-refractivity contribution in [3.63, 3.8) is 0 Å². The fourth-order valence-electron chi connectivity index (χ4n) is 3.82. The van der Waals surface area contributed by atoms with Gasteiger partial charge in [0.2, 0.25) is 15.9 Å². The Morgan fingerprint density at radius 1 is 1.19 bits per heavy atom. The summed E-state index contributed by atoms with van der Waals surface area (Å²) in [5.41, 5.74) is 1.07. The number of nitrogens with one attached hydrogen (secondary N) is 2. The first-order valence-electron chi connectivity index (χ1n) is 10.6. The molecule has 1 amide bonds. The molecule has 1 fully saturated rings. The molecular formula is C21H29N3O5S3. The second-order valence-corrected chi connectivity index (χ2v) is 12.6. The van der Waals surface area contributed by atoms with Crippen LogP contribution in [0.15, 0.2) is 44.8 Å². The molecule has 2 aromatic rings.